The molecule has 3 rings (SSSR count). The number of fused-ring (bicyclic) bond motifs is 1. The number of rotatable bonds is 7. The molecule has 1 aromatic carbocycles. The third-order valence-electron chi connectivity index (χ3n) is 3.29. The summed E-state index contributed by atoms with van der Waals surface area (Å²) >= 11 is 5.20. The van der Waals surface area contributed by atoms with Gasteiger partial charge in [0.1, 0.15) is 5.82 Å². The van der Waals surface area contributed by atoms with Crippen molar-refractivity contribution in [3.63, 3.8) is 0 Å². The van der Waals surface area contributed by atoms with Crippen LogP contribution >= 0.6 is 27.7 Å². The van der Waals surface area contributed by atoms with Crippen molar-refractivity contribution in [1.29, 1.82) is 0 Å². The van der Waals surface area contributed by atoms with E-state index in [0.29, 0.717) is 6.54 Å². The maximum absolute atomic E-state index is 8.83. The van der Waals surface area contributed by atoms with Crippen molar-refractivity contribution in [2.24, 2.45) is 0 Å². The van der Waals surface area contributed by atoms with Gasteiger partial charge in [0.25, 0.3) is 0 Å². The van der Waals surface area contributed by atoms with E-state index in [1.165, 1.54) is 5.56 Å². The second-order valence-electron chi connectivity index (χ2n) is 4.99. The SMILES string of the molecule is OCCSCc1ccnc(NCc2cc(Br)c3c(c2)OCO3)c1. The molecule has 1 aliphatic heterocycles. The van der Waals surface area contributed by atoms with E-state index in [9.17, 15) is 0 Å². The Kier molecular flexibility index (Phi) is 5.64. The number of ether oxygens (including phenoxy) is 2. The molecular formula is C16H17BrN2O3S. The quantitative estimate of drug-likeness (QED) is 0.699. The van der Waals surface area contributed by atoms with Gasteiger partial charge in [-0.25, -0.2) is 4.98 Å². The highest BCUT2D eigenvalue weighted by Gasteiger charge is 2.17. The van der Waals surface area contributed by atoms with Gasteiger partial charge in [-0.2, -0.15) is 11.8 Å². The molecule has 0 fully saturated rings. The first-order chi connectivity index (χ1) is 11.3. The van der Waals surface area contributed by atoms with Gasteiger partial charge in [-0.1, -0.05) is 0 Å². The maximum atomic E-state index is 8.83. The fourth-order valence-corrected chi connectivity index (χ4v) is 3.52. The molecule has 0 bridgehead atoms. The van der Waals surface area contributed by atoms with Gasteiger partial charge in [-0.05, 0) is 51.3 Å². The smallest absolute Gasteiger partial charge is 0.231 e. The van der Waals surface area contributed by atoms with Gasteiger partial charge >= 0.3 is 0 Å². The predicted octanol–water partition coefficient (Wildman–Crippen LogP) is 3.41. The summed E-state index contributed by atoms with van der Waals surface area (Å²) in [5, 5.41) is 12.2. The lowest BCUT2D eigenvalue weighted by molar-refractivity contribution is 0.173. The minimum absolute atomic E-state index is 0.208. The molecule has 122 valence electrons. The van der Waals surface area contributed by atoms with Crippen LogP contribution in [0, 0.1) is 0 Å². The Hall–Kier alpha value is -1.44. The van der Waals surface area contributed by atoms with Crippen molar-refractivity contribution in [2.75, 3.05) is 24.5 Å². The molecular weight excluding hydrogens is 380 g/mol. The Morgan fingerprint density at radius 2 is 2.17 bits per heavy atom. The Balaban J connectivity index is 1.62. The lowest BCUT2D eigenvalue weighted by Crippen LogP contribution is -2.02. The standard InChI is InChI=1S/C16H17BrN2O3S/c17-13-5-12(6-14-16(13)22-10-21-14)8-19-15-7-11(1-2-18-15)9-23-4-3-20/h1-2,5-7,20H,3-4,8-10H2,(H,18,19). The second-order valence-corrected chi connectivity index (χ2v) is 6.95. The molecule has 1 aliphatic rings. The largest absolute Gasteiger partial charge is 0.454 e. The number of halogens is 1. The molecule has 0 unspecified atom stereocenters. The summed E-state index contributed by atoms with van der Waals surface area (Å²) < 4.78 is 11.7. The van der Waals surface area contributed by atoms with Crippen LogP contribution in [0.2, 0.25) is 0 Å². The number of anilines is 1. The number of benzene rings is 1. The van der Waals surface area contributed by atoms with Gasteiger partial charge < -0.3 is 19.9 Å². The number of nitrogens with one attached hydrogen (secondary N) is 1. The molecule has 2 heterocycles. The molecule has 0 saturated heterocycles. The Labute approximate surface area is 147 Å². The first kappa shape index (κ1) is 16.4. The molecule has 5 nitrogen and oxygen atoms in total. The van der Waals surface area contributed by atoms with Crippen molar-refractivity contribution in [3.05, 3.63) is 46.1 Å². The molecule has 0 aliphatic carbocycles. The summed E-state index contributed by atoms with van der Waals surface area (Å²) in [6.07, 6.45) is 1.80. The number of aliphatic hydroxyl groups excluding tert-OH is 1. The predicted molar refractivity (Wildman–Crippen MR) is 95.1 cm³/mol. The molecule has 7 heteroatoms. The number of nitrogens with zero attached hydrogens (tertiary/aromatic N) is 1. The number of pyridine rings is 1. The van der Waals surface area contributed by atoms with Gasteiger partial charge in [0.15, 0.2) is 11.5 Å². The lowest BCUT2D eigenvalue weighted by Gasteiger charge is -2.09. The van der Waals surface area contributed by atoms with Crippen molar-refractivity contribution in [1.82, 2.24) is 4.98 Å². The highest BCUT2D eigenvalue weighted by molar-refractivity contribution is 9.10. The number of aliphatic hydroxyl groups is 1. The minimum Gasteiger partial charge on any atom is -0.454 e. The van der Waals surface area contributed by atoms with Crippen LogP contribution in [0.25, 0.3) is 0 Å². The molecule has 0 amide bonds. The molecule has 0 atom stereocenters. The topological polar surface area (TPSA) is 63.6 Å². The van der Waals surface area contributed by atoms with Crippen LogP contribution in [0.15, 0.2) is 34.9 Å². The molecule has 0 spiro atoms. The monoisotopic (exact) mass is 396 g/mol. The second kappa shape index (κ2) is 7.90. The first-order valence-electron chi connectivity index (χ1n) is 7.21. The Morgan fingerprint density at radius 1 is 1.26 bits per heavy atom. The van der Waals surface area contributed by atoms with Gasteiger partial charge in [-0.15, -0.1) is 0 Å². The van der Waals surface area contributed by atoms with Crippen LogP contribution in [0.1, 0.15) is 11.1 Å². The van der Waals surface area contributed by atoms with E-state index >= 15 is 0 Å². The van der Waals surface area contributed by atoms with Crippen LogP contribution in [0.5, 0.6) is 11.5 Å². The average Bonchev–Trinajstić information content (AvgIpc) is 3.03. The summed E-state index contributed by atoms with van der Waals surface area (Å²) in [4.78, 5) is 4.34. The summed E-state index contributed by atoms with van der Waals surface area (Å²) in [6, 6.07) is 8.02. The highest BCUT2D eigenvalue weighted by Crippen LogP contribution is 2.40. The summed E-state index contributed by atoms with van der Waals surface area (Å²) in [7, 11) is 0. The summed E-state index contributed by atoms with van der Waals surface area (Å²) in [6.45, 7) is 1.12. The van der Waals surface area contributed by atoms with Crippen LogP contribution in [-0.2, 0) is 12.3 Å². The zero-order chi connectivity index (χ0) is 16.1. The number of thioether (sulfide) groups is 1. The molecule has 23 heavy (non-hydrogen) atoms. The fraction of sp³-hybridized carbons (Fsp3) is 0.312. The van der Waals surface area contributed by atoms with Crippen LogP contribution < -0.4 is 14.8 Å². The van der Waals surface area contributed by atoms with E-state index in [-0.39, 0.29) is 13.4 Å². The van der Waals surface area contributed by atoms with Crippen LogP contribution in [-0.4, -0.2) is 29.2 Å². The van der Waals surface area contributed by atoms with E-state index in [1.807, 2.05) is 24.3 Å². The third kappa shape index (κ3) is 4.31. The van der Waals surface area contributed by atoms with Crippen molar-refractivity contribution >= 4 is 33.5 Å². The van der Waals surface area contributed by atoms with Crippen molar-refractivity contribution < 1.29 is 14.6 Å². The molecule has 1 aromatic heterocycles. The van der Waals surface area contributed by atoms with E-state index < -0.39 is 0 Å². The first-order valence-corrected chi connectivity index (χ1v) is 9.16. The van der Waals surface area contributed by atoms with E-state index in [1.54, 1.807) is 18.0 Å². The zero-order valence-corrected chi connectivity index (χ0v) is 14.8. The molecule has 0 saturated carbocycles. The highest BCUT2D eigenvalue weighted by atomic mass is 79.9. The third-order valence-corrected chi connectivity index (χ3v) is 4.89. The van der Waals surface area contributed by atoms with E-state index in [2.05, 4.69) is 26.2 Å². The lowest BCUT2D eigenvalue weighted by atomic mass is 10.2. The fourth-order valence-electron chi connectivity index (χ4n) is 2.23. The number of aromatic nitrogens is 1. The van der Waals surface area contributed by atoms with E-state index in [0.717, 1.165) is 38.9 Å². The van der Waals surface area contributed by atoms with Crippen LogP contribution in [0.3, 0.4) is 0 Å². The summed E-state index contributed by atoms with van der Waals surface area (Å²) in [5.74, 6) is 3.97. The van der Waals surface area contributed by atoms with Crippen LogP contribution in [0.4, 0.5) is 5.82 Å². The molecule has 0 radical (unpaired) electrons. The molecule has 2 N–H and O–H groups in total. The zero-order valence-electron chi connectivity index (χ0n) is 12.4. The van der Waals surface area contributed by atoms with Gasteiger partial charge in [0, 0.05) is 24.2 Å². The Bertz CT molecular complexity index is 684. The maximum Gasteiger partial charge on any atom is 0.231 e. The normalized spacial score (nSPS) is 12.4. The van der Waals surface area contributed by atoms with Gasteiger partial charge in [0.05, 0.1) is 11.1 Å². The van der Waals surface area contributed by atoms with Gasteiger partial charge in [-0.3, -0.25) is 0 Å². The van der Waals surface area contributed by atoms with Crippen molar-refractivity contribution in [2.45, 2.75) is 12.3 Å². The Morgan fingerprint density at radius 3 is 3.04 bits per heavy atom. The van der Waals surface area contributed by atoms with Gasteiger partial charge in [0.2, 0.25) is 6.79 Å². The molecule has 2 aromatic rings. The number of hydrogen-bond donors (Lipinski definition) is 2. The van der Waals surface area contributed by atoms with Crippen molar-refractivity contribution in [3.8, 4) is 11.5 Å². The average molecular weight is 397 g/mol. The van der Waals surface area contributed by atoms with E-state index in [4.69, 9.17) is 14.6 Å². The summed E-state index contributed by atoms with van der Waals surface area (Å²) in [5.41, 5.74) is 2.27. The minimum atomic E-state index is 0.208. The number of hydrogen-bond acceptors (Lipinski definition) is 6.